The van der Waals surface area contributed by atoms with Gasteiger partial charge in [-0.05, 0) is 38.2 Å². The SMILES string of the molecule is CN(C)[C@@H]1C[C@H]2C(=O)N[C@@H](Cc3ccc(O)cc3)C(=O)N2C1. The standard InChI is InChI=1S/C16H21N3O3/c1-18(2)11-8-14-15(21)17-13(16(22)19(14)9-11)7-10-3-5-12(20)6-4-10/h3-6,11,13-14,20H,7-9H2,1-2H3,(H,17,21)/t11-,13+,14+/m1/s1. The van der Waals surface area contributed by atoms with Crippen molar-refractivity contribution in [2.75, 3.05) is 20.6 Å². The topological polar surface area (TPSA) is 72.9 Å². The van der Waals surface area contributed by atoms with Gasteiger partial charge in [0.15, 0.2) is 0 Å². The van der Waals surface area contributed by atoms with E-state index < -0.39 is 6.04 Å². The first-order valence-electron chi connectivity index (χ1n) is 7.51. The summed E-state index contributed by atoms with van der Waals surface area (Å²) >= 11 is 0. The number of hydrogen-bond acceptors (Lipinski definition) is 4. The van der Waals surface area contributed by atoms with Crippen molar-refractivity contribution >= 4 is 11.8 Å². The molecule has 0 bridgehead atoms. The van der Waals surface area contributed by atoms with Crippen LogP contribution in [0.3, 0.4) is 0 Å². The predicted octanol–water partition coefficient (Wildman–Crippen LogP) is -0.0358. The van der Waals surface area contributed by atoms with Crippen LogP contribution >= 0.6 is 0 Å². The first-order valence-corrected chi connectivity index (χ1v) is 7.51. The van der Waals surface area contributed by atoms with Crippen LogP contribution in [-0.2, 0) is 16.0 Å². The Balaban J connectivity index is 1.74. The van der Waals surface area contributed by atoms with E-state index in [1.165, 1.54) is 0 Å². The molecule has 6 heteroatoms. The molecule has 1 aromatic rings. The van der Waals surface area contributed by atoms with Gasteiger partial charge in [0, 0.05) is 19.0 Å². The molecule has 0 aliphatic carbocycles. The van der Waals surface area contributed by atoms with Crippen molar-refractivity contribution in [3.05, 3.63) is 29.8 Å². The van der Waals surface area contributed by atoms with E-state index in [2.05, 4.69) is 10.2 Å². The Labute approximate surface area is 129 Å². The van der Waals surface area contributed by atoms with Crippen LogP contribution < -0.4 is 5.32 Å². The number of carbonyl (C=O) groups excluding carboxylic acids is 2. The first-order chi connectivity index (χ1) is 10.5. The number of amides is 2. The van der Waals surface area contributed by atoms with Gasteiger partial charge in [0.05, 0.1) is 0 Å². The molecule has 118 valence electrons. The number of piperazine rings is 1. The minimum atomic E-state index is -0.519. The van der Waals surface area contributed by atoms with Gasteiger partial charge in [-0.25, -0.2) is 0 Å². The molecule has 22 heavy (non-hydrogen) atoms. The van der Waals surface area contributed by atoms with Crippen molar-refractivity contribution in [1.82, 2.24) is 15.1 Å². The number of nitrogens with one attached hydrogen (secondary N) is 1. The van der Waals surface area contributed by atoms with Crippen LogP contribution in [0, 0.1) is 0 Å². The highest BCUT2D eigenvalue weighted by molar-refractivity contribution is 5.97. The molecule has 2 saturated heterocycles. The molecule has 0 radical (unpaired) electrons. The van der Waals surface area contributed by atoms with E-state index in [1.807, 2.05) is 14.1 Å². The fourth-order valence-corrected chi connectivity index (χ4v) is 3.22. The monoisotopic (exact) mass is 303 g/mol. The zero-order valence-corrected chi connectivity index (χ0v) is 12.8. The molecule has 2 heterocycles. The first kappa shape index (κ1) is 14.8. The molecule has 2 fully saturated rings. The third kappa shape index (κ3) is 2.66. The second-order valence-electron chi connectivity index (χ2n) is 6.29. The Morgan fingerprint density at radius 2 is 1.95 bits per heavy atom. The highest BCUT2D eigenvalue weighted by Gasteiger charge is 2.46. The largest absolute Gasteiger partial charge is 0.508 e. The smallest absolute Gasteiger partial charge is 0.246 e. The number of rotatable bonds is 3. The molecular weight excluding hydrogens is 282 g/mol. The van der Waals surface area contributed by atoms with E-state index in [0.29, 0.717) is 19.4 Å². The zero-order chi connectivity index (χ0) is 15.9. The normalized spacial score (nSPS) is 28.0. The number of likely N-dealkylation sites (N-methyl/N-ethyl adjacent to an activating group) is 1. The molecule has 2 aliphatic rings. The van der Waals surface area contributed by atoms with Crippen LogP contribution in [0.4, 0.5) is 0 Å². The summed E-state index contributed by atoms with van der Waals surface area (Å²) in [4.78, 5) is 28.7. The molecule has 3 atom stereocenters. The summed E-state index contributed by atoms with van der Waals surface area (Å²) in [5.41, 5.74) is 0.915. The molecule has 3 rings (SSSR count). The van der Waals surface area contributed by atoms with Crippen LogP contribution in [0.25, 0.3) is 0 Å². The number of hydrogen-bond donors (Lipinski definition) is 2. The number of phenols is 1. The fraction of sp³-hybridized carbons (Fsp3) is 0.500. The maximum Gasteiger partial charge on any atom is 0.246 e. The van der Waals surface area contributed by atoms with Crippen molar-refractivity contribution in [2.45, 2.75) is 31.0 Å². The molecule has 0 saturated carbocycles. The number of carbonyl (C=O) groups is 2. The van der Waals surface area contributed by atoms with E-state index in [9.17, 15) is 14.7 Å². The summed E-state index contributed by atoms with van der Waals surface area (Å²) in [6.45, 7) is 0.607. The van der Waals surface area contributed by atoms with Crippen molar-refractivity contribution in [3.8, 4) is 5.75 Å². The second kappa shape index (κ2) is 5.61. The Kier molecular flexibility index (Phi) is 3.78. The van der Waals surface area contributed by atoms with Crippen LogP contribution in [0.1, 0.15) is 12.0 Å². The van der Waals surface area contributed by atoms with Gasteiger partial charge in [0.25, 0.3) is 0 Å². The predicted molar refractivity (Wildman–Crippen MR) is 81.3 cm³/mol. The Hall–Kier alpha value is -2.08. The molecule has 2 N–H and O–H groups in total. The van der Waals surface area contributed by atoms with Crippen LogP contribution in [0.5, 0.6) is 5.75 Å². The molecule has 0 spiro atoms. The van der Waals surface area contributed by atoms with Gasteiger partial charge >= 0.3 is 0 Å². The van der Waals surface area contributed by atoms with Crippen LogP contribution in [0.2, 0.25) is 0 Å². The highest BCUT2D eigenvalue weighted by atomic mass is 16.3. The van der Waals surface area contributed by atoms with Crippen molar-refractivity contribution in [2.24, 2.45) is 0 Å². The number of benzene rings is 1. The lowest BCUT2D eigenvalue weighted by Crippen LogP contribution is -2.61. The van der Waals surface area contributed by atoms with Gasteiger partial charge in [-0.15, -0.1) is 0 Å². The number of fused-ring (bicyclic) bond motifs is 1. The summed E-state index contributed by atoms with van der Waals surface area (Å²) in [6.07, 6.45) is 1.14. The zero-order valence-electron chi connectivity index (χ0n) is 12.8. The van der Waals surface area contributed by atoms with Gasteiger partial charge < -0.3 is 20.2 Å². The average Bonchev–Trinajstić information content (AvgIpc) is 2.93. The molecule has 0 aromatic heterocycles. The van der Waals surface area contributed by atoms with Gasteiger partial charge in [-0.3, -0.25) is 9.59 Å². The maximum atomic E-state index is 12.6. The lowest BCUT2D eigenvalue weighted by molar-refractivity contribution is -0.147. The average molecular weight is 303 g/mol. The molecule has 1 aromatic carbocycles. The van der Waals surface area contributed by atoms with Crippen molar-refractivity contribution in [3.63, 3.8) is 0 Å². The minimum absolute atomic E-state index is 0.0120. The number of aromatic hydroxyl groups is 1. The van der Waals surface area contributed by atoms with Gasteiger partial charge in [-0.1, -0.05) is 12.1 Å². The van der Waals surface area contributed by atoms with E-state index in [4.69, 9.17) is 0 Å². The summed E-state index contributed by atoms with van der Waals surface area (Å²) in [6, 6.07) is 6.09. The van der Waals surface area contributed by atoms with E-state index in [1.54, 1.807) is 29.2 Å². The van der Waals surface area contributed by atoms with Crippen LogP contribution in [-0.4, -0.2) is 65.5 Å². The third-order valence-corrected chi connectivity index (χ3v) is 4.59. The minimum Gasteiger partial charge on any atom is -0.508 e. The number of phenolic OH excluding ortho intramolecular Hbond substituents is 1. The Bertz CT molecular complexity index is 585. The van der Waals surface area contributed by atoms with E-state index in [0.717, 1.165) is 5.56 Å². The lowest BCUT2D eigenvalue weighted by atomic mass is 10.0. The summed E-state index contributed by atoms with van der Waals surface area (Å²) < 4.78 is 0. The molecule has 0 unspecified atom stereocenters. The van der Waals surface area contributed by atoms with Crippen molar-refractivity contribution in [1.29, 1.82) is 0 Å². The lowest BCUT2D eigenvalue weighted by Gasteiger charge is -2.34. The highest BCUT2D eigenvalue weighted by Crippen LogP contribution is 2.26. The quantitative estimate of drug-likeness (QED) is 0.822. The summed E-state index contributed by atoms with van der Waals surface area (Å²) in [7, 11) is 3.94. The van der Waals surface area contributed by atoms with Gasteiger partial charge in [0.2, 0.25) is 11.8 Å². The van der Waals surface area contributed by atoms with Gasteiger partial charge in [0.1, 0.15) is 17.8 Å². The van der Waals surface area contributed by atoms with Gasteiger partial charge in [-0.2, -0.15) is 0 Å². The summed E-state index contributed by atoms with van der Waals surface area (Å²) in [5.74, 6) is 0.117. The molecule has 2 amide bonds. The molecule has 2 aliphatic heterocycles. The van der Waals surface area contributed by atoms with E-state index in [-0.39, 0.29) is 29.6 Å². The molecule has 6 nitrogen and oxygen atoms in total. The number of nitrogens with zero attached hydrogens (tertiary/aromatic N) is 2. The molecular formula is C16H21N3O3. The van der Waals surface area contributed by atoms with Crippen LogP contribution in [0.15, 0.2) is 24.3 Å². The maximum absolute atomic E-state index is 12.6. The fourth-order valence-electron chi connectivity index (χ4n) is 3.22. The summed E-state index contributed by atoms with van der Waals surface area (Å²) in [5, 5.41) is 12.2. The third-order valence-electron chi connectivity index (χ3n) is 4.59. The Morgan fingerprint density at radius 3 is 2.59 bits per heavy atom. The Morgan fingerprint density at radius 1 is 1.27 bits per heavy atom. The van der Waals surface area contributed by atoms with Crippen molar-refractivity contribution < 1.29 is 14.7 Å². The van der Waals surface area contributed by atoms with E-state index >= 15 is 0 Å². The second-order valence-corrected chi connectivity index (χ2v) is 6.29.